The number of nitriles is 1. The van der Waals surface area contributed by atoms with Gasteiger partial charge >= 0.3 is 0 Å². The summed E-state index contributed by atoms with van der Waals surface area (Å²) in [6.07, 6.45) is 4.55. The van der Waals surface area contributed by atoms with Crippen molar-refractivity contribution in [3.05, 3.63) is 72.3 Å². The number of hydrogen-bond acceptors (Lipinski definition) is 7. The highest BCUT2D eigenvalue weighted by Gasteiger charge is 2.36. The normalized spacial score (nSPS) is 16.4. The first kappa shape index (κ1) is 26.8. The molecule has 10 heteroatoms. The highest BCUT2D eigenvalue weighted by Crippen LogP contribution is 2.37. The van der Waals surface area contributed by atoms with E-state index in [1.54, 1.807) is 39.9 Å². The number of benzene rings is 2. The first-order valence-electron chi connectivity index (χ1n) is 13.2. The van der Waals surface area contributed by atoms with Crippen LogP contribution in [-0.2, 0) is 4.79 Å². The maximum atomic E-state index is 15.5. The standard InChI is InChI=1S/C30H30FN7O2/c1-18(2)14-20(16-32)30(39)37-13-7-10-25(37)19(3)38-29-26(28(33)34-17-35-29)27(36-38)23-12-11-22(15-24(23)31)40-21-8-5-4-6-9-21/h4-6,8-9,11-12,14-15,17-19,25H,7,10,13H2,1-3H3,(H2,33,34,35)/b20-14-. The Labute approximate surface area is 231 Å². The number of aromatic nitrogens is 4. The molecule has 1 saturated heterocycles. The largest absolute Gasteiger partial charge is 0.457 e. The zero-order valence-electron chi connectivity index (χ0n) is 22.6. The Bertz CT molecular complexity index is 1620. The van der Waals surface area contributed by atoms with Gasteiger partial charge in [0.15, 0.2) is 5.65 Å². The second kappa shape index (κ2) is 11.1. The van der Waals surface area contributed by atoms with Gasteiger partial charge in [0.05, 0.1) is 17.5 Å². The molecule has 0 radical (unpaired) electrons. The van der Waals surface area contributed by atoms with E-state index in [-0.39, 0.29) is 40.9 Å². The second-order valence-electron chi connectivity index (χ2n) is 10.2. The lowest BCUT2D eigenvalue weighted by Crippen LogP contribution is -2.41. The molecule has 0 aliphatic carbocycles. The van der Waals surface area contributed by atoms with Gasteiger partial charge in [-0.15, -0.1) is 0 Å². The fraction of sp³-hybridized carbons (Fsp3) is 0.300. The summed E-state index contributed by atoms with van der Waals surface area (Å²) in [4.78, 5) is 23.6. The Balaban J connectivity index is 1.52. The number of halogens is 1. The molecule has 0 spiro atoms. The van der Waals surface area contributed by atoms with Crippen molar-refractivity contribution in [3.8, 4) is 28.8 Å². The summed E-state index contributed by atoms with van der Waals surface area (Å²) in [5.74, 6) is 0.343. The summed E-state index contributed by atoms with van der Waals surface area (Å²) in [5, 5.41) is 14.8. The molecule has 2 atom stereocenters. The third-order valence-electron chi connectivity index (χ3n) is 7.05. The van der Waals surface area contributed by atoms with E-state index < -0.39 is 5.82 Å². The van der Waals surface area contributed by atoms with Crippen molar-refractivity contribution in [2.24, 2.45) is 5.92 Å². The van der Waals surface area contributed by atoms with Crippen LogP contribution >= 0.6 is 0 Å². The molecule has 1 aliphatic rings. The fourth-order valence-electron chi connectivity index (χ4n) is 5.20. The minimum atomic E-state index is -0.536. The molecule has 1 amide bonds. The zero-order chi connectivity index (χ0) is 28.4. The van der Waals surface area contributed by atoms with Crippen molar-refractivity contribution in [2.45, 2.75) is 45.7 Å². The van der Waals surface area contributed by atoms with Crippen LogP contribution in [0.5, 0.6) is 11.5 Å². The molecule has 5 rings (SSSR count). The molecule has 2 aromatic heterocycles. The molecule has 1 aliphatic heterocycles. The molecule has 2 unspecified atom stereocenters. The summed E-state index contributed by atoms with van der Waals surface area (Å²) in [6, 6.07) is 15.2. The smallest absolute Gasteiger partial charge is 0.264 e. The molecular weight excluding hydrogens is 509 g/mol. The number of rotatable bonds is 7. The second-order valence-corrected chi connectivity index (χ2v) is 10.2. The van der Waals surface area contributed by atoms with Gasteiger partial charge in [-0.2, -0.15) is 10.4 Å². The topological polar surface area (TPSA) is 123 Å². The van der Waals surface area contributed by atoms with E-state index in [9.17, 15) is 10.1 Å². The minimum absolute atomic E-state index is 0.0637. The van der Waals surface area contributed by atoms with Crippen LogP contribution in [-0.4, -0.2) is 43.1 Å². The molecule has 2 N–H and O–H groups in total. The van der Waals surface area contributed by atoms with Crippen molar-refractivity contribution in [1.29, 1.82) is 5.26 Å². The molecular formula is C30H30FN7O2. The SMILES string of the molecule is CC(C)/C=C(/C#N)C(=O)N1CCCC1C(C)n1nc(-c2ccc(Oc3ccccc3)cc2F)c2c(N)ncnc21. The van der Waals surface area contributed by atoms with Crippen molar-refractivity contribution in [3.63, 3.8) is 0 Å². The third kappa shape index (κ3) is 5.10. The monoisotopic (exact) mass is 539 g/mol. The molecule has 0 bridgehead atoms. The molecule has 1 fully saturated rings. The Morgan fingerprint density at radius 1 is 1.18 bits per heavy atom. The van der Waals surface area contributed by atoms with Gasteiger partial charge in [0, 0.05) is 18.2 Å². The van der Waals surface area contributed by atoms with E-state index in [1.165, 1.54) is 12.4 Å². The number of nitrogens with zero attached hydrogens (tertiary/aromatic N) is 6. The van der Waals surface area contributed by atoms with E-state index in [0.29, 0.717) is 34.8 Å². The Hall–Kier alpha value is -4.78. The van der Waals surface area contributed by atoms with Gasteiger partial charge in [-0.3, -0.25) is 4.79 Å². The number of carbonyl (C=O) groups is 1. The molecule has 204 valence electrons. The third-order valence-corrected chi connectivity index (χ3v) is 7.05. The molecule has 3 heterocycles. The first-order chi connectivity index (χ1) is 19.3. The van der Waals surface area contributed by atoms with Gasteiger partial charge in [0.1, 0.15) is 46.8 Å². The molecule has 4 aromatic rings. The number of nitrogens with two attached hydrogens (primary N) is 1. The fourth-order valence-corrected chi connectivity index (χ4v) is 5.20. The summed E-state index contributed by atoms with van der Waals surface area (Å²) < 4.78 is 23.0. The minimum Gasteiger partial charge on any atom is -0.457 e. The van der Waals surface area contributed by atoms with E-state index in [2.05, 4.69) is 16.0 Å². The summed E-state index contributed by atoms with van der Waals surface area (Å²) >= 11 is 0. The van der Waals surface area contributed by atoms with Crippen molar-refractivity contribution in [2.75, 3.05) is 12.3 Å². The van der Waals surface area contributed by atoms with Gasteiger partial charge in [0.2, 0.25) is 0 Å². The van der Waals surface area contributed by atoms with E-state index in [0.717, 1.165) is 12.8 Å². The number of carbonyl (C=O) groups excluding carboxylic acids is 1. The summed E-state index contributed by atoms with van der Waals surface area (Å²) in [5.41, 5.74) is 7.36. The van der Waals surface area contributed by atoms with Crippen LogP contribution < -0.4 is 10.5 Å². The van der Waals surface area contributed by atoms with E-state index >= 15 is 4.39 Å². The predicted molar refractivity (Wildman–Crippen MR) is 150 cm³/mol. The average molecular weight is 540 g/mol. The van der Waals surface area contributed by atoms with E-state index in [1.807, 2.05) is 39.0 Å². The van der Waals surface area contributed by atoms with Crippen LogP contribution in [0.1, 0.15) is 39.7 Å². The number of likely N-dealkylation sites (tertiary alicyclic amines) is 1. The molecule has 9 nitrogen and oxygen atoms in total. The first-order valence-corrected chi connectivity index (χ1v) is 13.2. The van der Waals surface area contributed by atoms with Crippen LogP contribution in [0, 0.1) is 23.1 Å². The van der Waals surface area contributed by atoms with Crippen LogP contribution in [0.2, 0.25) is 0 Å². The van der Waals surface area contributed by atoms with Crippen molar-refractivity contribution >= 4 is 22.8 Å². The Morgan fingerprint density at radius 2 is 1.95 bits per heavy atom. The van der Waals surface area contributed by atoms with Crippen LogP contribution in [0.4, 0.5) is 10.2 Å². The van der Waals surface area contributed by atoms with Gasteiger partial charge in [0.25, 0.3) is 5.91 Å². The predicted octanol–water partition coefficient (Wildman–Crippen LogP) is 5.66. The Morgan fingerprint density at radius 3 is 2.65 bits per heavy atom. The summed E-state index contributed by atoms with van der Waals surface area (Å²) in [7, 11) is 0. The maximum Gasteiger partial charge on any atom is 0.264 e. The van der Waals surface area contributed by atoms with Gasteiger partial charge in [-0.25, -0.2) is 19.0 Å². The number of allylic oxidation sites excluding steroid dienone is 1. The zero-order valence-corrected chi connectivity index (χ0v) is 22.6. The lowest BCUT2D eigenvalue weighted by molar-refractivity contribution is -0.128. The van der Waals surface area contributed by atoms with Crippen LogP contribution in [0.25, 0.3) is 22.3 Å². The van der Waals surface area contributed by atoms with Gasteiger partial charge < -0.3 is 15.4 Å². The van der Waals surface area contributed by atoms with Crippen molar-refractivity contribution in [1.82, 2.24) is 24.6 Å². The van der Waals surface area contributed by atoms with Crippen LogP contribution in [0.15, 0.2) is 66.5 Å². The highest BCUT2D eigenvalue weighted by atomic mass is 19.1. The molecule has 40 heavy (non-hydrogen) atoms. The Kier molecular flexibility index (Phi) is 7.47. The lowest BCUT2D eigenvalue weighted by atomic mass is 10.1. The number of anilines is 1. The quantitative estimate of drug-likeness (QED) is 0.237. The number of ether oxygens (including phenoxy) is 1. The van der Waals surface area contributed by atoms with Gasteiger partial charge in [-0.1, -0.05) is 38.1 Å². The average Bonchev–Trinajstić information content (AvgIpc) is 3.58. The number of fused-ring (bicyclic) bond motifs is 1. The highest BCUT2D eigenvalue weighted by molar-refractivity contribution is 5.99. The summed E-state index contributed by atoms with van der Waals surface area (Å²) in [6.45, 7) is 6.33. The van der Waals surface area contributed by atoms with E-state index in [4.69, 9.17) is 15.6 Å². The molecule has 2 aromatic carbocycles. The van der Waals surface area contributed by atoms with Crippen molar-refractivity contribution < 1.29 is 13.9 Å². The van der Waals surface area contributed by atoms with Crippen LogP contribution in [0.3, 0.4) is 0 Å². The van der Waals surface area contributed by atoms with Gasteiger partial charge in [-0.05, 0) is 49.9 Å². The number of nitrogen functional groups attached to an aromatic ring is 1. The lowest BCUT2D eigenvalue weighted by Gasteiger charge is -2.30. The number of para-hydroxylation sites is 1. The molecule has 0 saturated carbocycles. The maximum absolute atomic E-state index is 15.5. The number of hydrogen-bond donors (Lipinski definition) is 1. The number of amides is 1.